The Morgan fingerprint density at radius 3 is 1.17 bits per heavy atom. The second-order valence-electron chi connectivity index (χ2n) is 7.46. The van der Waals surface area contributed by atoms with Gasteiger partial charge in [0.2, 0.25) is 0 Å². The van der Waals surface area contributed by atoms with Crippen LogP contribution in [0.25, 0.3) is 0 Å². The van der Waals surface area contributed by atoms with Crippen LogP contribution in [0.1, 0.15) is 62.8 Å². The highest BCUT2D eigenvalue weighted by atomic mass is 14.3. The molecule has 0 heterocycles. The van der Waals surface area contributed by atoms with Crippen LogP contribution in [0.4, 0.5) is 0 Å². The van der Waals surface area contributed by atoms with Crippen LogP contribution in [-0.4, -0.2) is 0 Å². The molecule has 0 aromatic heterocycles. The van der Waals surface area contributed by atoms with E-state index in [0.717, 1.165) is 0 Å². The molecule has 0 aliphatic heterocycles. The summed E-state index contributed by atoms with van der Waals surface area (Å²) in [6.45, 7) is 13.4. The fraction of sp³-hybridized carbons (Fsp3) is 0.391. The standard InChI is InChI=1S/C23H28/c1-14-9-16(3)22(17(4)10-14)20-7-8-21(13-20)23-18(5)11-15(2)12-19(23)6/h7-12,20-21H,13H2,1-6H3. The Bertz CT molecular complexity index is 665. The molecule has 2 atom stereocenters. The molecule has 1 aliphatic carbocycles. The van der Waals surface area contributed by atoms with E-state index in [1.165, 1.54) is 50.9 Å². The van der Waals surface area contributed by atoms with Gasteiger partial charge in [0.25, 0.3) is 0 Å². The second kappa shape index (κ2) is 6.00. The van der Waals surface area contributed by atoms with Crippen molar-refractivity contribution in [3.8, 4) is 0 Å². The third kappa shape index (κ3) is 3.00. The SMILES string of the molecule is Cc1cc(C)c(C2C=CC(c3c(C)cc(C)cc3C)C2)c(C)c1. The molecular weight excluding hydrogens is 276 g/mol. The predicted molar refractivity (Wildman–Crippen MR) is 101 cm³/mol. The van der Waals surface area contributed by atoms with Crippen molar-refractivity contribution in [2.45, 2.75) is 59.8 Å². The first-order valence-corrected chi connectivity index (χ1v) is 8.70. The molecule has 0 saturated carbocycles. The highest BCUT2D eigenvalue weighted by Crippen LogP contribution is 2.42. The van der Waals surface area contributed by atoms with E-state index in [1.807, 2.05) is 0 Å². The first-order chi connectivity index (χ1) is 10.9. The van der Waals surface area contributed by atoms with E-state index in [0.29, 0.717) is 11.8 Å². The molecule has 0 amide bonds. The number of rotatable bonds is 2. The summed E-state index contributed by atoms with van der Waals surface area (Å²) >= 11 is 0. The minimum atomic E-state index is 0.556. The van der Waals surface area contributed by atoms with E-state index in [1.54, 1.807) is 0 Å². The van der Waals surface area contributed by atoms with E-state index >= 15 is 0 Å². The van der Waals surface area contributed by atoms with Crippen LogP contribution >= 0.6 is 0 Å². The van der Waals surface area contributed by atoms with Crippen LogP contribution in [0.5, 0.6) is 0 Å². The molecule has 0 nitrogen and oxygen atoms in total. The molecule has 1 aliphatic rings. The predicted octanol–water partition coefficient (Wildman–Crippen LogP) is 6.36. The van der Waals surface area contributed by atoms with Gasteiger partial charge in [-0.25, -0.2) is 0 Å². The molecule has 3 rings (SSSR count). The summed E-state index contributed by atoms with van der Waals surface area (Å²) in [4.78, 5) is 0. The average molecular weight is 304 g/mol. The molecule has 120 valence electrons. The summed E-state index contributed by atoms with van der Waals surface area (Å²) in [5, 5.41) is 0. The third-order valence-corrected chi connectivity index (χ3v) is 5.30. The quantitative estimate of drug-likeness (QED) is 0.566. The molecule has 0 fully saturated rings. The maximum absolute atomic E-state index is 2.44. The molecule has 2 unspecified atom stereocenters. The third-order valence-electron chi connectivity index (χ3n) is 5.30. The van der Waals surface area contributed by atoms with E-state index in [-0.39, 0.29) is 0 Å². The zero-order chi connectivity index (χ0) is 16.7. The monoisotopic (exact) mass is 304 g/mol. The van der Waals surface area contributed by atoms with Crippen molar-refractivity contribution in [2.75, 3.05) is 0 Å². The van der Waals surface area contributed by atoms with E-state index in [4.69, 9.17) is 0 Å². The molecule has 0 N–H and O–H groups in total. The van der Waals surface area contributed by atoms with Crippen LogP contribution in [0.3, 0.4) is 0 Å². The number of aryl methyl sites for hydroxylation is 6. The van der Waals surface area contributed by atoms with Crippen molar-refractivity contribution in [1.82, 2.24) is 0 Å². The molecule has 0 bridgehead atoms. The van der Waals surface area contributed by atoms with Gasteiger partial charge in [-0.3, -0.25) is 0 Å². The van der Waals surface area contributed by atoms with Crippen LogP contribution in [0, 0.1) is 41.5 Å². The Balaban J connectivity index is 1.93. The zero-order valence-corrected chi connectivity index (χ0v) is 15.3. The lowest BCUT2D eigenvalue weighted by molar-refractivity contribution is 0.709. The summed E-state index contributed by atoms with van der Waals surface area (Å²) < 4.78 is 0. The number of hydrogen-bond acceptors (Lipinski definition) is 0. The van der Waals surface area contributed by atoms with Gasteiger partial charge < -0.3 is 0 Å². The van der Waals surface area contributed by atoms with Crippen LogP contribution < -0.4 is 0 Å². The fourth-order valence-electron chi connectivity index (χ4n) is 4.68. The van der Waals surface area contributed by atoms with E-state index < -0.39 is 0 Å². The molecule has 23 heavy (non-hydrogen) atoms. The van der Waals surface area contributed by atoms with Crippen molar-refractivity contribution in [3.63, 3.8) is 0 Å². The minimum absolute atomic E-state index is 0.556. The summed E-state index contributed by atoms with van der Waals surface area (Å²) in [5.74, 6) is 1.11. The first kappa shape index (κ1) is 16.1. The lowest BCUT2D eigenvalue weighted by atomic mass is 9.84. The van der Waals surface area contributed by atoms with Gasteiger partial charge in [0.15, 0.2) is 0 Å². The van der Waals surface area contributed by atoms with Crippen LogP contribution in [0.2, 0.25) is 0 Å². The van der Waals surface area contributed by atoms with Crippen LogP contribution in [0.15, 0.2) is 36.4 Å². The number of hydrogen-bond donors (Lipinski definition) is 0. The molecule has 0 radical (unpaired) electrons. The highest BCUT2D eigenvalue weighted by molar-refractivity contribution is 5.47. The van der Waals surface area contributed by atoms with Crippen molar-refractivity contribution in [3.05, 3.63) is 80.9 Å². The summed E-state index contributed by atoms with van der Waals surface area (Å²) in [6, 6.07) is 9.30. The fourth-order valence-corrected chi connectivity index (χ4v) is 4.68. The molecule has 0 saturated heterocycles. The Morgan fingerprint density at radius 2 is 0.870 bits per heavy atom. The van der Waals surface area contributed by atoms with Gasteiger partial charge in [0.05, 0.1) is 0 Å². The van der Waals surface area contributed by atoms with Gasteiger partial charge >= 0.3 is 0 Å². The van der Waals surface area contributed by atoms with Gasteiger partial charge in [0, 0.05) is 11.8 Å². The first-order valence-electron chi connectivity index (χ1n) is 8.70. The topological polar surface area (TPSA) is 0 Å². The average Bonchev–Trinajstić information content (AvgIpc) is 2.85. The molecule has 0 spiro atoms. The molecule has 2 aromatic carbocycles. The maximum atomic E-state index is 2.44. The number of allylic oxidation sites excluding steroid dienone is 2. The van der Waals surface area contributed by atoms with Gasteiger partial charge in [0.1, 0.15) is 0 Å². The normalized spacial score (nSPS) is 20.3. The molecular formula is C23H28. The minimum Gasteiger partial charge on any atom is -0.0803 e. The van der Waals surface area contributed by atoms with Crippen molar-refractivity contribution >= 4 is 0 Å². The summed E-state index contributed by atoms with van der Waals surface area (Å²) in [5.41, 5.74) is 11.6. The maximum Gasteiger partial charge on any atom is 0.00322 e. The summed E-state index contributed by atoms with van der Waals surface area (Å²) in [7, 11) is 0. The van der Waals surface area contributed by atoms with E-state index in [2.05, 4.69) is 78.0 Å². The van der Waals surface area contributed by atoms with Gasteiger partial charge in [-0.05, 0) is 81.3 Å². The molecule has 0 heteroatoms. The van der Waals surface area contributed by atoms with E-state index in [9.17, 15) is 0 Å². The van der Waals surface area contributed by atoms with Crippen molar-refractivity contribution in [2.24, 2.45) is 0 Å². The lowest BCUT2D eigenvalue weighted by Crippen LogP contribution is -2.04. The van der Waals surface area contributed by atoms with Gasteiger partial charge in [-0.1, -0.05) is 47.5 Å². The Morgan fingerprint density at radius 1 is 0.565 bits per heavy atom. The Labute approximate surface area is 141 Å². The van der Waals surface area contributed by atoms with Gasteiger partial charge in [-0.15, -0.1) is 0 Å². The Kier molecular flexibility index (Phi) is 4.19. The largest absolute Gasteiger partial charge is 0.0803 e. The highest BCUT2D eigenvalue weighted by Gasteiger charge is 2.26. The van der Waals surface area contributed by atoms with Crippen molar-refractivity contribution < 1.29 is 0 Å². The number of benzene rings is 2. The van der Waals surface area contributed by atoms with Gasteiger partial charge in [-0.2, -0.15) is 0 Å². The smallest absolute Gasteiger partial charge is 0.00322 e. The van der Waals surface area contributed by atoms with Crippen molar-refractivity contribution in [1.29, 1.82) is 0 Å². The van der Waals surface area contributed by atoms with Crippen LogP contribution in [-0.2, 0) is 0 Å². The summed E-state index contributed by atoms with van der Waals surface area (Å²) in [6.07, 6.45) is 6.08. The second-order valence-corrected chi connectivity index (χ2v) is 7.46. The molecule has 2 aromatic rings. The zero-order valence-electron chi connectivity index (χ0n) is 15.3. The Hall–Kier alpha value is -1.82. The lowest BCUT2D eigenvalue weighted by Gasteiger charge is -2.20.